The van der Waals surface area contributed by atoms with E-state index in [0.29, 0.717) is 33.7 Å². The van der Waals surface area contributed by atoms with Crippen LogP contribution in [0.3, 0.4) is 0 Å². The number of nitrogens with one attached hydrogen (secondary N) is 1. The average Bonchev–Trinajstić information content (AvgIpc) is 3.37. The van der Waals surface area contributed by atoms with Gasteiger partial charge in [0.25, 0.3) is 11.6 Å². The van der Waals surface area contributed by atoms with Crippen LogP contribution in [0.2, 0.25) is 0 Å². The van der Waals surface area contributed by atoms with E-state index in [1.807, 2.05) is 19.1 Å². The van der Waals surface area contributed by atoms with Gasteiger partial charge in [-0.25, -0.2) is 4.98 Å². The van der Waals surface area contributed by atoms with Crippen LogP contribution in [-0.2, 0) is 0 Å². The van der Waals surface area contributed by atoms with Crippen molar-refractivity contribution in [1.82, 2.24) is 15.5 Å². The summed E-state index contributed by atoms with van der Waals surface area (Å²) in [6.45, 7) is 3.65. The quantitative estimate of drug-likeness (QED) is 0.577. The highest BCUT2D eigenvalue weighted by Crippen LogP contribution is 2.27. The van der Waals surface area contributed by atoms with Gasteiger partial charge in [0.2, 0.25) is 0 Å². The Kier molecular flexibility index (Phi) is 4.38. The van der Waals surface area contributed by atoms with Gasteiger partial charge in [-0.2, -0.15) is 5.26 Å². The van der Waals surface area contributed by atoms with E-state index in [0.717, 1.165) is 5.56 Å². The first-order chi connectivity index (χ1) is 13.6. The summed E-state index contributed by atoms with van der Waals surface area (Å²) in [4.78, 5) is 17.5. The fourth-order valence-corrected chi connectivity index (χ4v) is 3.03. The van der Waals surface area contributed by atoms with Gasteiger partial charge in [0.15, 0.2) is 5.76 Å². The average molecular weight is 372 g/mol. The predicted molar refractivity (Wildman–Crippen MR) is 101 cm³/mol. The molecule has 0 saturated heterocycles. The molecule has 0 radical (unpaired) electrons. The van der Waals surface area contributed by atoms with Gasteiger partial charge in [0.1, 0.15) is 5.69 Å². The van der Waals surface area contributed by atoms with E-state index >= 15 is 0 Å². The van der Waals surface area contributed by atoms with Gasteiger partial charge in [-0.05, 0) is 49.7 Å². The van der Waals surface area contributed by atoms with Crippen LogP contribution in [0.4, 0.5) is 0 Å². The fraction of sp³-hybridized carbons (Fsp3) is 0.143. The Morgan fingerprint density at radius 1 is 1.25 bits per heavy atom. The van der Waals surface area contributed by atoms with Crippen LogP contribution in [0.5, 0.6) is 0 Å². The maximum Gasteiger partial charge on any atom is 0.259 e. The van der Waals surface area contributed by atoms with Crippen molar-refractivity contribution < 1.29 is 13.7 Å². The molecule has 0 bridgehead atoms. The molecule has 138 valence electrons. The molecule has 0 saturated carbocycles. The lowest BCUT2D eigenvalue weighted by Crippen LogP contribution is -2.27. The van der Waals surface area contributed by atoms with E-state index in [-0.39, 0.29) is 17.7 Å². The molecule has 7 nitrogen and oxygen atoms in total. The Hall–Kier alpha value is -3.92. The van der Waals surface area contributed by atoms with Crippen LogP contribution in [0.25, 0.3) is 22.6 Å². The number of carbonyl (C=O) groups is 1. The Bertz CT molecular complexity index is 1190. The lowest BCUT2D eigenvalue weighted by Gasteiger charge is -2.15. The smallest absolute Gasteiger partial charge is 0.259 e. The highest BCUT2D eigenvalue weighted by molar-refractivity contribution is 6.07. The Labute approximate surface area is 160 Å². The van der Waals surface area contributed by atoms with Crippen molar-refractivity contribution in [2.45, 2.75) is 19.9 Å². The summed E-state index contributed by atoms with van der Waals surface area (Å²) < 4.78 is 10.7. The van der Waals surface area contributed by atoms with Crippen molar-refractivity contribution in [1.29, 1.82) is 5.26 Å². The number of fused-ring (bicyclic) bond motifs is 1. The van der Waals surface area contributed by atoms with Gasteiger partial charge in [0.05, 0.1) is 40.6 Å². The number of nitriles is 1. The van der Waals surface area contributed by atoms with Crippen LogP contribution < -0.4 is 5.32 Å². The molecule has 4 rings (SSSR count). The molecule has 1 amide bonds. The fourth-order valence-electron chi connectivity index (χ4n) is 3.03. The molecule has 7 heteroatoms. The summed E-state index contributed by atoms with van der Waals surface area (Å²) in [5.41, 5.74) is 3.24. The number of nitrogens with zero attached hydrogens (tertiary/aromatic N) is 3. The van der Waals surface area contributed by atoms with Crippen molar-refractivity contribution >= 4 is 17.0 Å². The van der Waals surface area contributed by atoms with Crippen LogP contribution in [0, 0.1) is 18.3 Å². The summed E-state index contributed by atoms with van der Waals surface area (Å²) in [5, 5.41) is 16.4. The van der Waals surface area contributed by atoms with Gasteiger partial charge in [-0.3, -0.25) is 4.79 Å². The van der Waals surface area contributed by atoms with Gasteiger partial charge in [-0.15, -0.1) is 0 Å². The second-order valence-electron chi connectivity index (χ2n) is 6.41. The molecule has 0 spiro atoms. The summed E-state index contributed by atoms with van der Waals surface area (Å²) in [7, 11) is 0. The van der Waals surface area contributed by atoms with Gasteiger partial charge in [-0.1, -0.05) is 17.3 Å². The van der Waals surface area contributed by atoms with E-state index in [9.17, 15) is 4.79 Å². The van der Waals surface area contributed by atoms with Crippen LogP contribution in [-0.4, -0.2) is 16.0 Å². The zero-order valence-corrected chi connectivity index (χ0v) is 15.3. The molecule has 3 heterocycles. The number of benzene rings is 1. The molecule has 4 aromatic rings. The standard InChI is InChI=1S/C21H16N4O3/c1-12(15-7-5-14(11-22)6-8-15)23-20(26)16-10-17(18-4-3-9-27-18)24-21-19(16)13(2)25-28-21/h3-10,12H,1-2H3,(H,23,26). The SMILES string of the molecule is Cc1noc2nc(-c3ccco3)cc(C(=O)NC(C)c3ccc(C#N)cc3)c12. The number of aryl methyl sites for hydroxylation is 1. The lowest BCUT2D eigenvalue weighted by molar-refractivity contribution is 0.0941. The first-order valence-corrected chi connectivity index (χ1v) is 8.68. The number of rotatable bonds is 4. The molecule has 28 heavy (non-hydrogen) atoms. The molecule has 0 fully saturated rings. The van der Waals surface area contributed by atoms with E-state index in [2.05, 4.69) is 21.5 Å². The molecular weight excluding hydrogens is 356 g/mol. The third-order valence-electron chi connectivity index (χ3n) is 4.52. The number of carbonyl (C=O) groups excluding carboxylic acids is 1. The second-order valence-corrected chi connectivity index (χ2v) is 6.41. The molecular formula is C21H16N4O3. The molecule has 1 aromatic carbocycles. The maximum absolute atomic E-state index is 13.0. The van der Waals surface area contributed by atoms with E-state index in [4.69, 9.17) is 14.2 Å². The number of amides is 1. The topological polar surface area (TPSA) is 105 Å². The minimum absolute atomic E-state index is 0.254. The molecule has 0 aliphatic heterocycles. The molecule has 1 atom stereocenters. The van der Waals surface area contributed by atoms with Gasteiger partial charge in [0, 0.05) is 0 Å². The Balaban J connectivity index is 1.69. The van der Waals surface area contributed by atoms with Gasteiger partial charge >= 0.3 is 0 Å². The Morgan fingerprint density at radius 2 is 2.04 bits per heavy atom. The van der Waals surface area contributed by atoms with Crippen LogP contribution in [0.15, 0.2) is 57.7 Å². The lowest BCUT2D eigenvalue weighted by atomic mass is 10.0. The van der Waals surface area contributed by atoms with Crippen molar-refractivity contribution in [3.05, 3.63) is 71.1 Å². The third kappa shape index (κ3) is 3.12. The second kappa shape index (κ2) is 7.00. The third-order valence-corrected chi connectivity index (χ3v) is 4.52. The van der Waals surface area contributed by atoms with Crippen molar-refractivity contribution in [2.75, 3.05) is 0 Å². The van der Waals surface area contributed by atoms with Crippen LogP contribution >= 0.6 is 0 Å². The normalized spacial score (nSPS) is 11.9. The van der Waals surface area contributed by atoms with E-state index in [1.54, 1.807) is 43.5 Å². The number of furan rings is 1. The minimum atomic E-state index is -0.275. The predicted octanol–water partition coefficient (Wildman–Crippen LogP) is 4.15. The molecule has 0 aliphatic carbocycles. The monoisotopic (exact) mass is 372 g/mol. The maximum atomic E-state index is 13.0. The highest BCUT2D eigenvalue weighted by Gasteiger charge is 2.21. The van der Waals surface area contributed by atoms with Crippen molar-refractivity contribution in [2.24, 2.45) is 0 Å². The molecule has 0 aliphatic rings. The Morgan fingerprint density at radius 3 is 2.71 bits per heavy atom. The number of pyridine rings is 1. The molecule has 3 aromatic heterocycles. The first-order valence-electron chi connectivity index (χ1n) is 8.68. The zero-order chi connectivity index (χ0) is 19.7. The summed E-state index contributed by atoms with van der Waals surface area (Å²) in [6.07, 6.45) is 1.54. The summed E-state index contributed by atoms with van der Waals surface area (Å²) in [6, 6.07) is 14.1. The highest BCUT2D eigenvalue weighted by atomic mass is 16.5. The minimum Gasteiger partial charge on any atom is -0.463 e. The van der Waals surface area contributed by atoms with Crippen molar-refractivity contribution in [3.8, 4) is 17.5 Å². The number of aromatic nitrogens is 2. The molecule has 1 N–H and O–H groups in total. The van der Waals surface area contributed by atoms with E-state index < -0.39 is 0 Å². The van der Waals surface area contributed by atoms with Gasteiger partial charge < -0.3 is 14.3 Å². The zero-order valence-electron chi connectivity index (χ0n) is 15.3. The summed E-state index contributed by atoms with van der Waals surface area (Å²) >= 11 is 0. The number of hydrogen-bond donors (Lipinski definition) is 1. The molecule has 1 unspecified atom stereocenters. The van der Waals surface area contributed by atoms with Crippen LogP contribution in [0.1, 0.15) is 40.1 Å². The first kappa shape index (κ1) is 17.5. The number of hydrogen-bond acceptors (Lipinski definition) is 6. The largest absolute Gasteiger partial charge is 0.463 e. The van der Waals surface area contributed by atoms with E-state index in [1.165, 1.54) is 0 Å². The van der Waals surface area contributed by atoms with Crippen molar-refractivity contribution in [3.63, 3.8) is 0 Å². The summed E-state index contributed by atoms with van der Waals surface area (Å²) in [5.74, 6) is 0.258.